The van der Waals surface area contributed by atoms with Crippen molar-refractivity contribution in [1.82, 2.24) is 14.9 Å². The van der Waals surface area contributed by atoms with Crippen molar-refractivity contribution in [3.8, 4) is 5.75 Å². The number of fused-ring (bicyclic) bond motifs is 1. The maximum Gasteiger partial charge on any atom is 0.268 e. The van der Waals surface area contributed by atoms with Crippen LogP contribution in [0.2, 0.25) is 0 Å². The number of carbonyl (C=O) groups is 1. The topological polar surface area (TPSA) is 75.3 Å². The van der Waals surface area contributed by atoms with Gasteiger partial charge in [0, 0.05) is 24.1 Å². The Balaban J connectivity index is 1.40. The molecule has 1 saturated heterocycles. The molecule has 0 unspecified atom stereocenters. The normalized spacial score (nSPS) is 14.5. The summed E-state index contributed by atoms with van der Waals surface area (Å²) in [6.45, 7) is 0.166. The average molecular weight is 434 g/mol. The number of para-hydroxylation sites is 1. The molecule has 0 spiro atoms. The number of aromatic nitrogens is 2. The van der Waals surface area contributed by atoms with Crippen molar-refractivity contribution >= 4 is 51.0 Å². The Morgan fingerprint density at radius 1 is 1.29 bits per heavy atom. The third-order valence-corrected chi connectivity index (χ3v) is 8.29. The zero-order chi connectivity index (χ0) is 19.5. The number of nitrogens with one attached hydrogen (secondary N) is 1. The van der Waals surface area contributed by atoms with E-state index in [0.717, 1.165) is 22.8 Å². The molecule has 0 bridgehead atoms. The van der Waals surface area contributed by atoms with Crippen LogP contribution >= 0.6 is 34.9 Å². The molecule has 2 aromatic heterocycles. The first-order chi connectivity index (χ1) is 13.6. The number of thioether (sulfide) groups is 2. The van der Waals surface area contributed by atoms with E-state index < -0.39 is 0 Å². The van der Waals surface area contributed by atoms with Gasteiger partial charge in [-0.15, -0.1) is 34.9 Å². The maximum atomic E-state index is 12.5. The van der Waals surface area contributed by atoms with Gasteiger partial charge in [0.15, 0.2) is 6.61 Å². The van der Waals surface area contributed by atoms with E-state index in [1.165, 1.54) is 16.2 Å². The number of rotatable bonds is 6. The van der Waals surface area contributed by atoms with E-state index >= 15 is 0 Å². The second-order valence-corrected chi connectivity index (χ2v) is 9.94. The largest absolute Gasteiger partial charge is 0.483 e. The SMILES string of the molecule is CN(Cc1nc2ccsc2c(=O)[nH]1)C(=O)COc1ccccc1C1SCCS1. The number of benzene rings is 1. The highest BCUT2D eigenvalue weighted by molar-refractivity contribution is 8.19. The summed E-state index contributed by atoms with van der Waals surface area (Å²) >= 11 is 5.16. The van der Waals surface area contributed by atoms with Crippen LogP contribution in [0.1, 0.15) is 16.0 Å². The van der Waals surface area contributed by atoms with Crippen LogP contribution in [0.25, 0.3) is 10.2 Å². The number of aromatic amines is 1. The Hall–Kier alpha value is -1.97. The fraction of sp³-hybridized carbons (Fsp3) is 0.316. The van der Waals surface area contributed by atoms with E-state index in [0.29, 0.717) is 20.6 Å². The summed E-state index contributed by atoms with van der Waals surface area (Å²) in [5.74, 6) is 3.30. The highest BCUT2D eigenvalue weighted by Gasteiger charge is 2.22. The Labute approximate surface area is 174 Å². The highest BCUT2D eigenvalue weighted by atomic mass is 32.2. The van der Waals surface area contributed by atoms with Crippen molar-refractivity contribution in [3.05, 3.63) is 57.5 Å². The third kappa shape index (κ3) is 4.21. The first kappa shape index (κ1) is 19.4. The van der Waals surface area contributed by atoms with Gasteiger partial charge >= 0.3 is 0 Å². The van der Waals surface area contributed by atoms with E-state index in [1.54, 1.807) is 13.1 Å². The number of likely N-dealkylation sites (N-methyl/N-ethyl adjacent to an activating group) is 1. The lowest BCUT2D eigenvalue weighted by molar-refractivity contribution is -0.132. The van der Waals surface area contributed by atoms with Gasteiger partial charge in [0.1, 0.15) is 16.3 Å². The standard InChI is InChI=1S/C19H19N3O3S3/c1-22(10-15-20-13-6-7-26-17(13)18(24)21-15)16(23)11-25-14-5-3-2-4-12(14)19-27-8-9-28-19/h2-7,19H,8-11H2,1H3,(H,20,21,24). The van der Waals surface area contributed by atoms with Crippen molar-refractivity contribution in [2.24, 2.45) is 0 Å². The van der Waals surface area contributed by atoms with Crippen molar-refractivity contribution in [3.63, 3.8) is 0 Å². The molecule has 1 aliphatic rings. The zero-order valence-electron chi connectivity index (χ0n) is 15.2. The quantitative estimate of drug-likeness (QED) is 0.641. The molecule has 3 aromatic rings. The molecular formula is C19H19N3O3S3. The first-order valence-electron chi connectivity index (χ1n) is 8.77. The minimum Gasteiger partial charge on any atom is -0.483 e. The van der Waals surface area contributed by atoms with Gasteiger partial charge in [-0.25, -0.2) is 4.98 Å². The highest BCUT2D eigenvalue weighted by Crippen LogP contribution is 2.48. The fourth-order valence-corrected chi connectivity index (χ4v) is 6.54. The molecular weight excluding hydrogens is 414 g/mol. The van der Waals surface area contributed by atoms with Crippen LogP contribution in [0, 0.1) is 0 Å². The van der Waals surface area contributed by atoms with E-state index in [4.69, 9.17) is 4.74 Å². The van der Waals surface area contributed by atoms with E-state index in [-0.39, 0.29) is 24.6 Å². The Morgan fingerprint density at radius 2 is 2.07 bits per heavy atom. The molecule has 28 heavy (non-hydrogen) atoms. The van der Waals surface area contributed by atoms with Gasteiger partial charge in [-0.2, -0.15) is 0 Å². The smallest absolute Gasteiger partial charge is 0.268 e. The van der Waals surface area contributed by atoms with Crippen LogP contribution in [0.4, 0.5) is 0 Å². The zero-order valence-corrected chi connectivity index (χ0v) is 17.7. The fourth-order valence-electron chi connectivity index (χ4n) is 2.90. The summed E-state index contributed by atoms with van der Waals surface area (Å²) in [6.07, 6.45) is 0. The van der Waals surface area contributed by atoms with Crippen LogP contribution in [-0.4, -0.2) is 45.9 Å². The molecule has 1 aromatic carbocycles. The number of nitrogens with zero attached hydrogens (tertiary/aromatic N) is 2. The predicted molar refractivity (Wildman–Crippen MR) is 116 cm³/mol. The summed E-state index contributed by atoms with van der Waals surface area (Å²) in [4.78, 5) is 33.3. The summed E-state index contributed by atoms with van der Waals surface area (Å²) in [6, 6.07) is 9.69. The molecule has 1 N–H and O–H groups in total. The Bertz CT molecular complexity index is 1040. The molecule has 9 heteroatoms. The second kappa shape index (κ2) is 8.59. The van der Waals surface area contributed by atoms with Crippen LogP contribution < -0.4 is 10.3 Å². The number of thiophene rings is 1. The molecule has 3 heterocycles. The summed E-state index contributed by atoms with van der Waals surface area (Å²) in [5.41, 5.74) is 1.60. The van der Waals surface area contributed by atoms with Crippen molar-refractivity contribution in [1.29, 1.82) is 0 Å². The third-order valence-electron chi connectivity index (χ3n) is 4.32. The van der Waals surface area contributed by atoms with Gasteiger partial charge < -0.3 is 14.6 Å². The van der Waals surface area contributed by atoms with E-state index in [9.17, 15) is 9.59 Å². The van der Waals surface area contributed by atoms with E-state index in [2.05, 4.69) is 16.0 Å². The van der Waals surface area contributed by atoms with Crippen LogP contribution in [0.3, 0.4) is 0 Å². The van der Waals surface area contributed by atoms with Crippen LogP contribution in [0.15, 0.2) is 40.5 Å². The molecule has 1 amide bonds. The Morgan fingerprint density at radius 3 is 2.89 bits per heavy atom. The van der Waals surface area contributed by atoms with Gasteiger partial charge in [-0.3, -0.25) is 9.59 Å². The molecule has 146 valence electrons. The van der Waals surface area contributed by atoms with Gasteiger partial charge in [0.2, 0.25) is 0 Å². The van der Waals surface area contributed by atoms with E-state index in [1.807, 2.05) is 47.1 Å². The second-order valence-electron chi connectivity index (χ2n) is 6.30. The molecule has 1 fully saturated rings. The summed E-state index contributed by atoms with van der Waals surface area (Å²) in [7, 11) is 1.68. The van der Waals surface area contributed by atoms with Gasteiger partial charge in [0.25, 0.3) is 11.5 Å². The van der Waals surface area contributed by atoms with Gasteiger partial charge in [-0.1, -0.05) is 18.2 Å². The van der Waals surface area contributed by atoms with Gasteiger partial charge in [0.05, 0.1) is 16.6 Å². The average Bonchev–Trinajstić information content (AvgIpc) is 3.38. The monoisotopic (exact) mass is 433 g/mol. The molecule has 1 aliphatic heterocycles. The van der Waals surface area contributed by atoms with Crippen LogP contribution in [0.5, 0.6) is 5.75 Å². The lowest BCUT2D eigenvalue weighted by Crippen LogP contribution is -2.32. The molecule has 6 nitrogen and oxygen atoms in total. The lowest BCUT2D eigenvalue weighted by Gasteiger charge is -2.19. The summed E-state index contributed by atoms with van der Waals surface area (Å²) in [5, 5.41) is 1.83. The Kier molecular flexibility index (Phi) is 5.93. The van der Waals surface area contributed by atoms with Crippen LogP contribution in [-0.2, 0) is 11.3 Å². The minimum atomic E-state index is -0.174. The number of carbonyl (C=O) groups excluding carboxylic acids is 1. The minimum absolute atomic E-state index is 0.0551. The lowest BCUT2D eigenvalue weighted by atomic mass is 10.2. The summed E-state index contributed by atoms with van der Waals surface area (Å²) < 4.78 is 6.80. The number of H-pyrrole nitrogens is 1. The van der Waals surface area contributed by atoms with Gasteiger partial charge in [-0.05, 0) is 17.5 Å². The predicted octanol–water partition coefficient (Wildman–Crippen LogP) is 3.50. The molecule has 0 aliphatic carbocycles. The molecule has 4 rings (SSSR count). The first-order valence-corrected chi connectivity index (χ1v) is 11.7. The number of ether oxygens (including phenoxy) is 1. The maximum absolute atomic E-state index is 12.5. The van der Waals surface area contributed by atoms with Crippen molar-refractivity contribution in [2.75, 3.05) is 25.2 Å². The molecule has 0 radical (unpaired) electrons. The molecule has 0 saturated carbocycles. The van der Waals surface area contributed by atoms with Crippen molar-refractivity contribution < 1.29 is 9.53 Å². The number of hydrogen-bond acceptors (Lipinski definition) is 7. The van der Waals surface area contributed by atoms with Crippen molar-refractivity contribution in [2.45, 2.75) is 11.1 Å². The molecule has 0 atom stereocenters. The number of amides is 1. The number of hydrogen-bond donors (Lipinski definition) is 1.